The summed E-state index contributed by atoms with van der Waals surface area (Å²) in [4.78, 5) is 2.46. The second kappa shape index (κ2) is 6.97. The number of H-pyrrole nitrogens is 1. The molecule has 1 aliphatic heterocycles. The van der Waals surface area contributed by atoms with Crippen LogP contribution in [0.1, 0.15) is 37.9 Å². The van der Waals surface area contributed by atoms with Crippen LogP contribution in [0.25, 0.3) is 11.3 Å². The smallest absolute Gasteiger partial charge is 0.119 e. The van der Waals surface area contributed by atoms with Gasteiger partial charge in [-0.15, -0.1) is 0 Å². The Kier molecular flexibility index (Phi) is 4.78. The van der Waals surface area contributed by atoms with Gasteiger partial charge in [0.15, 0.2) is 0 Å². The number of unbranched alkanes of at least 4 members (excludes halogenated alkanes) is 1. The van der Waals surface area contributed by atoms with E-state index in [1.54, 1.807) is 0 Å². The van der Waals surface area contributed by atoms with E-state index in [0.29, 0.717) is 0 Å². The van der Waals surface area contributed by atoms with Crippen LogP contribution in [-0.4, -0.2) is 34.8 Å². The van der Waals surface area contributed by atoms with E-state index in [2.05, 4.69) is 47.1 Å². The SMILES string of the molecule is CCCCOc1cccc(-c2n[nH]c3c2CN(CC)CC3)c1. The highest BCUT2D eigenvalue weighted by atomic mass is 16.5. The lowest BCUT2D eigenvalue weighted by Crippen LogP contribution is -2.30. The van der Waals surface area contributed by atoms with Gasteiger partial charge in [-0.05, 0) is 25.1 Å². The molecule has 0 fully saturated rings. The van der Waals surface area contributed by atoms with Crippen molar-refractivity contribution in [3.63, 3.8) is 0 Å². The molecule has 0 aliphatic carbocycles. The van der Waals surface area contributed by atoms with Crippen molar-refractivity contribution in [1.29, 1.82) is 0 Å². The number of nitrogens with zero attached hydrogens (tertiary/aromatic N) is 2. The average molecular weight is 299 g/mol. The van der Waals surface area contributed by atoms with E-state index in [-0.39, 0.29) is 0 Å². The van der Waals surface area contributed by atoms with Gasteiger partial charge in [0, 0.05) is 36.3 Å². The molecule has 0 radical (unpaired) electrons. The fourth-order valence-electron chi connectivity index (χ4n) is 2.93. The normalized spacial score (nSPS) is 14.8. The minimum absolute atomic E-state index is 0.780. The lowest BCUT2D eigenvalue weighted by atomic mass is 10.0. The molecule has 3 rings (SSSR count). The summed E-state index contributed by atoms with van der Waals surface area (Å²) in [7, 11) is 0. The maximum Gasteiger partial charge on any atom is 0.119 e. The number of likely N-dealkylation sites (N-methyl/N-ethyl adjacent to an activating group) is 1. The van der Waals surface area contributed by atoms with Gasteiger partial charge in [0.05, 0.1) is 12.3 Å². The molecule has 1 aromatic heterocycles. The van der Waals surface area contributed by atoms with Crippen LogP contribution in [0.15, 0.2) is 24.3 Å². The Morgan fingerprint density at radius 2 is 2.23 bits per heavy atom. The second-order valence-corrected chi connectivity index (χ2v) is 5.88. The van der Waals surface area contributed by atoms with E-state index in [9.17, 15) is 0 Å². The van der Waals surface area contributed by atoms with Crippen molar-refractivity contribution in [1.82, 2.24) is 15.1 Å². The second-order valence-electron chi connectivity index (χ2n) is 5.88. The van der Waals surface area contributed by atoms with Crippen molar-refractivity contribution in [3.8, 4) is 17.0 Å². The first kappa shape index (κ1) is 15.1. The number of ether oxygens (including phenoxy) is 1. The molecular formula is C18H25N3O. The first-order valence-corrected chi connectivity index (χ1v) is 8.33. The van der Waals surface area contributed by atoms with Crippen LogP contribution >= 0.6 is 0 Å². The number of hydrogen-bond acceptors (Lipinski definition) is 3. The molecule has 2 heterocycles. The minimum Gasteiger partial charge on any atom is -0.494 e. The molecule has 0 bridgehead atoms. The molecular weight excluding hydrogens is 274 g/mol. The maximum absolute atomic E-state index is 5.82. The van der Waals surface area contributed by atoms with Gasteiger partial charge in [0.25, 0.3) is 0 Å². The molecule has 0 atom stereocenters. The number of aromatic amines is 1. The Morgan fingerprint density at radius 1 is 1.32 bits per heavy atom. The predicted octanol–water partition coefficient (Wildman–Crippen LogP) is 3.63. The van der Waals surface area contributed by atoms with Crippen LogP contribution in [0, 0.1) is 0 Å². The zero-order valence-electron chi connectivity index (χ0n) is 13.6. The van der Waals surface area contributed by atoms with Gasteiger partial charge < -0.3 is 4.74 Å². The summed E-state index contributed by atoms with van der Waals surface area (Å²) < 4.78 is 5.82. The summed E-state index contributed by atoms with van der Waals surface area (Å²) in [5.41, 5.74) is 4.86. The fraction of sp³-hybridized carbons (Fsp3) is 0.500. The monoisotopic (exact) mass is 299 g/mol. The lowest BCUT2D eigenvalue weighted by Gasteiger charge is -2.25. The molecule has 22 heavy (non-hydrogen) atoms. The molecule has 0 amide bonds. The molecule has 4 heteroatoms. The minimum atomic E-state index is 0.780. The third-order valence-electron chi connectivity index (χ3n) is 4.33. The largest absolute Gasteiger partial charge is 0.494 e. The number of hydrogen-bond donors (Lipinski definition) is 1. The quantitative estimate of drug-likeness (QED) is 0.828. The molecule has 4 nitrogen and oxygen atoms in total. The Hall–Kier alpha value is -1.81. The molecule has 1 N–H and O–H groups in total. The van der Waals surface area contributed by atoms with E-state index in [1.165, 1.54) is 11.3 Å². The van der Waals surface area contributed by atoms with Crippen LogP contribution in [0.4, 0.5) is 0 Å². The van der Waals surface area contributed by atoms with Crippen molar-refractivity contribution in [2.24, 2.45) is 0 Å². The van der Waals surface area contributed by atoms with Crippen LogP contribution in [-0.2, 0) is 13.0 Å². The summed E-state index contributed by atoms with van der Waals surface area (Å²) in [5.74, 6) is 0.936. The van der Waals surface area contributed by atoms with Gasteiger partial charge in [-0.1, -0.05) is 32.4 Å². The average Bonchev–Trinajstić information content (AvgIpc) is 2.98. The summed E-state index contributed by atoms with van der Waals surface area (Å²) in [5, 5.41) is 7.79. The van der Waals surface area contributed by atoms with E-state index < -0.39 is 0 Å². The van der Waals surface area contributed by atoms with Crippen molar-refractivity contribution in [3.05, 3.63) is 35.5 Å². The van der Waals surface area contributed by atoms with Crippen LogP contribution in [0.3, 0.4) is 0 Å². The molecule has 0 saturated carbocycles. The standard InChI is InChI=1S/C18H25N3O/c1-3-5-11-22-15-8-6-7-14(12-15)18-16-13-21(4-2)10-9-17(16)19-20-18/h6-8,12H,3-5,9-11,13H2,1-2H3,(H,19,20). The summed E-state index contributed by atoms with van der Waals surface area (Å²) in [6.45, 7) is 8.36. The van der Waals surface area contributed by atoms with Crippen molar-refractivity contribution < 1.29 is 4.74 Å². The van der Waals surface area contributed by atoms with Gasteiger partial charge >= 0.3 is 0 Å². The fourth-order valence-corrected chi connectivity index (χ4v) is 2.93. The van der Waals surface area contributed by atoms with E-state index in [4.69, 9.17) is 4.74 Å². The number of fused-ring (bicyclic) bond motifs is 1. The molecule has 2 aromatic rings. The zero-order chi connectivity index (χ0) is 15.4. The highest BCUT2D eigenvalue weighted by Gasteiger charge is 2.21. The van der Waals surface area contributed by atoms with Crippen molar-refractivity contribution in [2.75, 3.05) is 19.7 Å². The highest BCUT2D eigenvalue weighted by Crippen LogP contribution is 2.30. The Bertz CT molecular complexity index is 621. The van der Waals surface area contributed by atoms with Crippen molar-refractivity contribution in [2.45, 2.75) is 39.7 Å². The summed E-state index contributed by atoms with van der Waals surface area (Å²) >= 11 is 0. The van der Waals surface area contributed by atoms with Crippen LogP contribution in [0.2, 0.25) is 0 Å². The number of nitrogens with one attached hydrogen (secondary N) is 1. The van der Waals surface area contributed by atoms with E-state index in [0.717, 1.165) is 62.5 Å². The first-order chi connectivity index (χ1) is 10.8. The number of benzene rings is 1. The van der Waals surface area contributed by atoms with Gasteiger partial charge in [-0.3, -0.25) is 10.00 Å². The summed E-state index contributed by atoms with van der Waals surface area (Å²) in [6.07, 6.45) is 3.30. The van der Waals surface area contributed by atoms with Crippen molar-refractivity contribution >= 4 is 0 Å². The zero-order valence-corrected chi connectivity index (χ0v) is 13.6. The van der Waals surface area contributed by atoms with E-state index in [1.807, 2.05) is 6.07 Å². The molecule has 1 aliphatic rings. The molecule has 118 valence electrons. The topological polar surface area (TPSA) is 41.1 Å². The number of rotatable bonds is 6. The first-order valence-electron chi connectivity index (χ1n) is 8.33. The third-order valence-corrected chi connectivity index (χ3v) is 4.33. The van der Waals surface area contributed by atoms with Crippen LogP contribution < -0.4 is 4.74 Å². The molecule has 0 spiro atoms. The maximum atomic E-state index is 5.82. The lowest BCUT2D eigenvalue weighted by molar-refractivity contribution is 0.267. The van der Waals surface area contributed by atoms with Gasteiger partial charge in [0.2, 0.25) is 0 Å². The van der Waals surface area contributed by atoms with Gasteiger partial charge in [-0.2, -0.15) is 5.10 Å². The number of aromatic nitrogens is 2. The Labute approximate surface area is 132 Å². The predicted molar refractivity (Wildman–Crippen MR) is 89.1 cm³/mol. The van der Waals surface area contributed by atoms with Crippen LogP contribution in [0.5, 0.6) is 5.75 Å². The van der Waals surface area contributed by atoms with Gasteiger partial charge in [-0.25, -0.2) is 0 Å². The summed E-state index contributed by atoms with van der Waals surface area (Å²) in [6, 6.07) is 8.31. The molecule has 0 unspecified atom stereocenters. The Morgan fingerprint density at radius 3 is 3.05 bits per heavy atom. The molecule has 0 saturated heterocycles. The third kappa shape index (κ3) is 3.17. The molecule has 1 aromatic carbocycles. The highest BCUT2D eigenvalue weighted by molar-refractivity contribution is 5.65. The van der Waals surface area contributed by atoms with E-state index >= 15 is 0 Å². The Balaban J connectivity index is 1.83. The van der Waals surface area contributed by atoms with Gasteiger partial charge in [0.1, 0.15) is 5.75 Å².